The maximum Gasteiger partial charge on any atom is 0.237 e. The lowest BCUT2D eigenvalue weighted by Crippen LogP contribution is -2.32. The van der Waals surface area contributed by atoms with Gasteiger partial charge in [0.25, 0.3) is 0 Å². The monoisotopic (exact) mass is 447 g/mol. The molecule has 2 heterocycles. The lowest BCUT2D eigenvalue weighted by molar-refractivity contribution is -0.116. The molecule has 1 aliphatic rings. The molecule has 1 aliphatic heterocycles. The minimum Gasteiger partial charge on any atom is -0.308 e. The Labute approximate surface area is 193 Å². The fraction of sp³-hybridized carbons (Fsp3) is 0.320. The van der Waals surface area contributed by atoms with Crippen LogP contribution in [0, 0.1) is 0 Å². The molecule has 1 amide bonds. The summed E-state index contributed by atoms with van der Waals surface area (Å²) in [6.07, 6.45) is 5.51. The van der Waals surface area contributed by atoms with Crippen LogP contribution in [0.25, 0.3) is 5.69 Å². The molecule has 1 saturated heterocycles. The number of nitrogens with zero attached hydrogens (tertiary/aromatic N) is 5. The first-order valence-electron chi connectivity index (χ1n) is 11.1. The molecule has 1 fully saturated rings. The van der Waals surface area contributed by atoms with E-state index in [1.165, 1.54) is 31.0 Å². The number of anilines is 1. The van der Waals surface area contributed by atoms with Gasteiger partial charge in [-0.25, -0.2) is 0 Å². The standard InChI is InChI=1S/C25H29N5OS/c1-2-16-29(21-12-6-3-7-13-21)24(31)20-32-25-27-26-23(19-28-17-10-5-11-18-28)30(25)22-14-8-4-9-15-22/h2-4,6-9,12-15H,1,5,10-11,16-20H2. The summed E-state index contributed by atoms with van der Waals surface area (Å²) < 4.78 is 2.09. The van der Waals surface area contributed by atoms with Crippen molar-refractivity contribution in [2.75, 3.05) is 30.3 Å². The Balaban J connectivity index is 1.53. The highest BCUT2D eigenvalue weighted by Gasteiger charge is 2.21. The maximum atomic E-state index is 13.1. The lowest BCUT2D eigenvalue weighted by atomic mass is 10.1. The predicted molar refractivity (Wildman–Crippen MR) is 130 cm³/mol. The van der Waals surface area contributed by atoms with Crippen LogP contribution < -0.4 is 4.90 Å². The first kappa shape index (κ1) is 22.3. The van der Waals surface area contributed by atoms with Crippen molar-refractivity contribution < 1.29 is 4.79 Å². The molecule has 0 saturated carbocycles. The summed E-state index contributed by atoms with van der Waals surface area (Å²) >= 11 is 1.43. The highest BCUT2D eigenvalue weighted by atomic mass is 32.2. The van der Waals surface area contributed by atoms with Gasteiger partial charge in [0.1, 0.15) is 0 Å². The number of amides is 1. The summed E-state index contributed by atoms with van der Waals surface area (Å²) in [6.45, 7) is 7.23. The Kier molecular flexibility index (Phi) is 7.74. The van der Waals surface area contributed by atoms with Gasteiger partial charge in [0, 0.05) is 17.9 Å². The van der Waals surface area contributed by atoms with Gasteiger partial charge in [-0.2, -0.15) is 0 Å². The number of para-hydroxylation sites is 2. The second kappa shape index (κ2) is 11.1. The molecule has 2 aromatic carbocycles. The van der Waals surface area contributed by atoms with Crippen molar-refractivity contribution >= 4 is 23.4 Å². The van der Waals surface area contributed by atoms with Crippen LogP contribution in [0.1, 0.15) is 25.1 Å². The summed E-state index contributed by atoms with van der Waals surface area (Å²) in [5.41, 5.74) is 1.89. The van der Waals surface area contributed by atoms with Crippen LogP contribution >= 0.6 is 11.8 Å². The molecule has 0 aliphatic carbocycles. The topological polar surface area (TPSA) is 54.3 Å². The van der Waals surface area contributed by atoms with E-state index in [0.717, 1.165) is 42.0 Å². The molecule has 4 rings (SSSR count). The van der Waals surface area contributed by atoms with Gasteiger partial charge in [0.05, 0.1) is 12.3 Å². The van der Waals surface area contributed by atoms with Crippen molar-refractivity contribution in [3.63, 3.8) is 0 Å². The first-order chi connectivity index (χ1) is 15.8. The van der Waals surface area contributed by atoms with Crippen LogP contribution in [0.3, 0.4) is 0 Å². The molecule has 32 heavy (non-hydrogen) atoms. The molecule has 0 spiro atoms. The molecule has 166 valence electrons. The van der Waals surface area contributed by atoms with E-state index < -0.39 is 0 Å². The van der Waals surface area contributed by atoms with Gasteiger partial charge in [0.2, 0.25) is 5.91 Å². The summed E-state index contributed by atoms with van der Waals surface area (Å²) in [5.74, 6) is 1.21. The number of hydrogen-bond donors (Lipinski definition) is 0. The molecular weight excluding hydrogens is 418 g/mol. The third-order valence-electron chi connectivity index (χ3n) is 5.53. The van der Waals surface area contributed by atoms with Crippen molar-refractivity contribution in [3.8, 4) is 5.69 Å². The van der Waals surface area contributed by atoms with E-state index in [-0.39, 0.29) is 11.7 Å². The first-order valence-corrected chi connectivity index (χ1v) is 12.1. The zero-order valence-corrected chi connectivity index (χ0v) is 19.1. The van der Waals surface area contributed by atoms with Gasteiger partial charge in [-0.15, -0.1) is 16.8 Å². The SMILES string of the molecule is C=CCN(C(=O)CSc1nnc(CN2CCCCC2)n1-c1ccccc1)c1ccccc1. The lowest BCUT2D eigenvalue weighted by Gasteiger charge is -2.26. The third kappa shape index (κ3) is 5.47. The number of benzene rings is 2. The Hall–Kier alpha value is -2.90. The number of likely N-dealkylation sites (tertiary alicyclic amines) is 1. The third-order valence-corrected chi connectivity index (χ3v) is 6.45. The van der Waals surface area contributed by atoms with Gasteiger partial charge < -0.3 is 4.90 Å². The van der Waals surface area contributed by atoms with Crippen molar-refractivity contribution in [2.45, 2.75) is 31.0 Å². The van der Waals surface area contributed by atoms with Crippen molar-refractivity contribution in [1.29, 1.82) is 0 Å². The fourth-order valence-corrected chi connectivity index (χ4v) is 4.79. The minimum atomic E-state index is 0.0151. The van der Waals surface area contributed by atoms with Crippen molar-refractivity contribution in [2.24, 2.45) is 0 Å². The summed E-state index contributed by atoms with van der Waals surface area (Å²) in [4.78, 5) is 17.3. The van der Waals surface area contributed by atoms with Gasteiger partial charge in [-0.1, -0.05) is 60.7 Å². The average Bonchev–Trinajstić information content (AvgIpc) is 3.25. The molecule has 7 heteroatoms. The largest absolute Gasteiger partial charge is 0.308 e. The number of rotatable bonds is 9. The molecule has 0 radical (unpaired) electrons. The van der Waals surface area contributed by atoms with E-state index >= 15 is 0 Å². The average molecular weight is 448 g/mol. The molecular formula is C25H29N5OS. The Morgan fingerprint density at radius 2 is 1.69 bits per heavy atom. The van der Waals surface area contributed by atoms with Crippen LogP contribution in [0.5, 0.6) is 0 Å². The minimum absolute atomic E-state index is 0.0151. The maximum absolute atomic E-state index is 13.1. The quantitative estimate of drug-likeness (QED) is 0.355. The molecule has 0 unspecified atom stereocenters. The van der Waals surface area contributed by atoms with Gasteiger partial charge >= 0.3 is 0 Å². The highest BCUT2D eigenvalue weighted by Crippen LogP contribution is 2.25. The zero-order chi connectivity index (χ0) is 22.2. The molecule has 6 nitrogen and oxygen atoms in total. The molecule has 0 atom stereocenters. The second-order valence-electron chi connectivity index (χ2n) is 7.82. The summed E-state index contributed by atoms with van der Waals surface area (Å²) in [6, 6.07) is 19.8. The Morgan fingerprint density at radius 3 is 2.38 bits per heavy atom. The zero-order valence-electron chi connectivity index (χ0n) is 18.3. The van der Waals surface area contributed by atoms with Crippen LogP contribution in [-0.4, -0.2) is 51.0 Å². The predicted octanol–water partition coefficient (Wildman–Crippen LogP) is 4.56. The van der Waals surface area contributed by atoms with Gasteiger partial charge in [-0.3, -0.25) is 14.3 Å². The van der Waals surface area contributed by atoms with E-state index in [0.29, 0.717) is 6.54 Å². The second-order valence-corrected chi connectivity index (χ2v) is 8.77. The normalized spacial score (nSPS) is 14.2. The van der Waals surface area contributed by atoms with Gasteiger partial charge in [0.15, 0.2) is 11.0 Å². The van der Waals surface area contributed by atoms with Crippen LogP contribution in [-0.2, 0) is 11.3 Å². The fourth-order valence-electron chi connectivity index (χ4n) is 3.94. The van der Waals surface area contributed by atoms with E-state index in [1.807, 2.05) is 48.5 Å². The molecule has 3 aromatic rings. The van der Waals surface area contributed by atoms with Gasteiger partial charge in [-0.05, 0) is 50.2 Å². The number of carbonyl (C=O) groups is 1. The van der Waals surface area contributed by atoms with Crippen LogP contribution in [0.4, 0.5) is 5.69 Å². The summed E-state index contributed by atoms with van der Waals surface area (Å²) in [7, 11) is 0. The smallest absolute Gasteiger partial charge is 0.237 e. The number of hydrogen-bond acceptors (Lipinski definition) is 5. The highest BCUT2D eigenvalue weighted by molar-refractivity contribution is 7.99. The van der Waals surface area contributed by atoms with Crippen LogP contribution in [0.2, 0.25) is 0 Å². The molecule has 0 bridgehead atoms. The van der Waals surface area contributed by atoms with Crippen LogP contribution in [0.15, 0.2) is 78.5 Å². The van der Waals surface area contributed by atoms with Crippen molar-refractivity contribution in [1.82, 2.24) is 19.7 Å². The molecule has 0 N–H and O–H groups in total. The molecule has 1 aromatic heterocycles. The number of aromatic nitrogens is 3. The number of piperidine rings is 1. The number of thioether (sulfide) groups is 1. The van der Waals surface area contributed by atoms with E-state index in [9.17, 15) is 4.79 Å². The Bertz CT molecular complexity index is 1020. The Morgan fingerprint density at radius 1 is 1.00 bits per heavy atom. The van der Waals surface area contributed by atoms with Crippen molar-refractivity contribution in [3.05, 3.63) is 79.1 Å². The van der Waals surface area contributed by atoms with E-state index in [1.54, 1.807) is 11.0 Å². The summed E-state index contributed by atoms with van der Waals surface area (Å²) in [5, 5.41) is 9.72. The van der Waals surface area contributed by atoms with E-state index in [2.05, 4.69) is 38.4 Å². The number of carbonyl (C=O) groups excluding carboxylic acids is 1. The van der Waals surface area contributed by atoms with E-state index in [4.69, 9.17) is 0 Å².